The molecule has 2 rings (SSSR count). The van der Waals surface area contributed by atoms with Gasteiger partial charge in [-0.05, 0) is 45.4 Å². The molecule has 0 bridgehead atoms. The van der Waals surface area contributed by atoms with E-state index >= 15 is 0 Å². The van der Waals surface area contributed by atoms with Gasteiger partial charge in [-0.1, -0.05) is 46.1 Å². The Labute approximate surface area is 183 Å². The number of hydrogen-bond acceptors (Lipinski definition) is 3. The highest BCUT2D eigenvalue weighted by atomic mass is 79.9. The van der Waals surface area contributed by atoms with Crippen molar-refractivity contribution in [3.63, 3.8) is 0 Å². The van der Waals surface area contributed by atoms with Crippen molar-refractivity contribution in [1.29, 1.82) is 0 Å². The van der Waals surface area contributed by atoms with Crippen LogP contribution in [0.2, 0.25) is 10.0 Å². The summed E-state index contributed by atoms with van der Waals surface area (Å²) in [6.45, 7) is 8.31. The summed E-state index contributed by atoms with van der Waals surface area (Å²) in [5, 5.41) is 15.6. The van der Waals surface area contributed by atoms with E-state index in [4.69, 9.17) is 27.9 Å². The lowest BCUT2D eigenvalue weighted by Gasteiger charge is -2.33. The van der Waals surface area contributed by atoms with Crippen LogP contribution in [0.25, 0.3) is 0 Å². The van der Waals surface area contributed by atoms with E-state index < -0.39 is 11.6 Å². The molecule has 0 unspecified atom stereocenters. The minimum atomic E-state index is -0.958. The summed E-state index contributed by atoms with van der Waals surface area (Å²) >= 11 is 15.6. The highest BCUT2D eigenvalue weighted by Crippen LogP contribution is 2.34. The van der Waals surface area contributed by atoms with Crippen LogP contribution in [-0.4, -0.2) is 38.0 Å². The first kappa shape index (κ1) is 22.8. The molecule has 0 aliphatic rings. The third-order valence-electron chi connectivity index (χ3n) is 4.17. The van der Waals surface area contributed by atoms with Gasteiger partial charge < -0.3 is 14.7 Å². The molecule has 0 fully saturated rings. The van der Waals surface area contributed by atoms with E-state index in [9.17, 15) is 9.90 Å². The zero-order chi connectivity index (χ0) is 21.1. The van der Waals surface area contributed by atoms with Gasteiger partial charge >= 0.3 is 6.09 Å². The van der Waals surface area contributed by atoms with Crippen molar-refractivity contribution in [2.45, 2.75) is 51.5 Å². The van der Waals surface area contributed by atoms with E-state index in [1.807, 2.05) is 27.7 Å². The molecule has 1 aromatic heterocycles. The van der Waals surface area contributed by atoms with Crippen LogP contribution in [0.3, 0.4) is 0 Å². The molecule has 1 heterocycles. The summed E-state index contributed by atoms with van der Waals surface area (Å²) in [6, 6.07) is 5.01. The number of rotatable bonds is 7. The zero-order valence-electron chi connectivity index (χ0n) is 16.3. The third-order valence-corrected chi connectivity index (χ3v) is 5.14. The number of benzene rings is 1. The largest absolute Gasteiger partial charge is 0.465 e. The van der Waals surface area contributed by atoms with Crippen molar-refractivity contribution in [2.24, 2.45) is 0 Å². The molecule has 0 spiro atoms. The number of aryl methyl sites for hydroxylation is 1. The number of halogens is 3. The van der Waals surface area contributed by atoms with Crippen LogP contribution < -0.4 is 4.74 Å². The van der Waals surface area contributed by atoms with Crippen LogP contribution >= 0.6 is 39.1 Å². The standard InChI is InChI=1S/C19H24BrCl2N3O3/c1-5-15-17(28-14-9-12(21)8-13(22)10-14)16(11-20)25(23-15)7-6-24(18(26)27)19(2,3)4/h8-10H,5-7,11H2,1-4H3,(H,26,27). The number of carbonyl (C=O) groups is 1. The van der Waals surface area contributed by atoms with E-state index in [0.717, 1.165) is 11.4 Å². The van der Waals surface area contributed by atoms with Crippen LogP contribution in [0.15, 0.2) is 18.2 Å². The molecule has 0 saturated heterocycles. The SMILES string of the molecule is CCc1nn(CCN(C(=O)O)C(C)(C)C)c(CBr)c1Oc1cc(Cl)cc(Cl)c1. The highest BCUT2D eigenvalue weighted by molar-refractivity contribution is 9.08. The first-order valence-corrected chi connectivity index (χ1v) is 10.7. The first-order chi connectivity index (χ1) is 13.1. The molecule has 9 heteroatoms. The van der Waals surface area contributed by atoms with Gasteiger partial charge in [0.25, 0.3) is 0 Å². The molecular weight excluding hydrogens is 469 g/mol. The third kappa shape index (κ3) is 5.55. The van der Waals surface area contributed by atoms with Gasteiger partial charge in [-0.15, -0.1) is 0 Å². The van der Waals surface area contributed by atoms with Gasteiger partial charge in [0.05, 0.1) is 12.2 Å². The molecule has 0 atom stereocenters. The summed E-state index contributed by atoms with van der Waals surface area (Å²) in [5.74, 6) is 1.16. The van der Waals surface area contributed by atoms with Crippen molar-refractivity contribution in [3.05, 3.63) is 39.6 Å². The maximum Gasteiger partial charge on any atom is 0.407 e. The Balaban J connectivity index is 2.33. The maximum absolute atomic E-state index is 11.6. The van der Waals surface area contributed by atoms with E-state index in [1.54, 1.807) is 22.9 Å². The van der Waals surface area contributed by atoms with E-state index in [-0.39, 0.29) is 0 Å². The summed E-state index contributed by atoms with van der Waals surface area (Å²) in [7, 11) is 0. The topological polar surface area (TPSA) is 67.6 Å². The van der Waals surface area contributed by atoms with Crippen molar-refractivity contribution >= 4 is 45.2 Å². The second-order valence-corrected chi connectivity index (χ2v) is 8.68. The van der Waals surface area contributed by atoms with Crippen LogP contribution in [0, 0.1) is 0 Å². The molecule has 0 aliphatic heterocycles. The summed E-state index contributed by atoms with van der Waals surface area (Å²) in [4.78, 5) is 13.0. The van der Waals surface area contributed by atoms with Gasteiger partial charge in [0.1, 0.15) is 11.4 Å². The van der Waals surface area contributed by atoms with Crippen molar-refractivity contribution in [1.82, 2.24) is 14.7 Å². The van der Waals surface area contributed by atoms with Gasteiger partial charge in [-0.25, -0.2) is 4.79 Å². The van der Waals surface area contributed by atoms with Crippen LogP contribution in [0.5, 0.6) is 11.5 Å². The fourth-order valence-corrected chi connectivity index (χ4v) is 3.87. The number of ether oxygens (including phenoxy) is 1. The van der Waals surface area contributed by atoms with Crippen LogP contribution in [0.1, 0.15) is 39.1 Å². The van der Waals surface area contributed by atoms with Gasteiger partial charge in [-0.2, -0.15) is 5.10 Å². The molecule has 6 nitrogen and oxygen atoms in total. The van der Waals surface area contributed by atoms with Gasteiger partial charge in [0, 0.05) is 27.5 Å². The predicted octanol–water partition coefficient (Wildman–Crippen LogP) is 6.22. The second-order valence-electron chi connectivity index (χ2n) is 7.25. The van der Waals surface area contributed by atoms with Gasteiger partial charge in [-0.3, -0.25) is 4.68 Å². The molecule has 1 N–H and O–H groups in total. The van der Waals surface area contributed by atoms with E-state index in [2.05, 4.69) is 21.0 Å². The number of alkyl halides is 1. The normalized spacial score (nSPS) is 11.5. The molecule has 0 aliphatic carbocycles. The van der Waals surface area contributed by atoms with Crippen molar-refractivity contribution in [3.8, 4) is 11.5 Å². The summed E-state index contributed by atoms with van der Waals surface area (Å²) in [6.07, 6.45) is -0.292. The van der Waals surface area contributed by atoms with Crippen LogP contribution in [0.4, 0.5) is 4.79 Å². The summed E-state index contributed by atoms with van der Waals surface area (Å²) in [5.41, 5.74) is 1.10. The Morgan fingerprint density at radius 3 is 2.36 bits per heavy atom. The highest BCUT2D eigenvalue weighted by Gasteiger charge is 2.27. The van der Waals surface area contributed by atoms with Gasteiger partial charge in [0.15, 0.2) is 5.75 Å². The number of aromatic nitrogens is 2. The number of amides is 1. The van der Waals surface area contributed by atoms with Crippen LogP contribution in [-0.2, 0) is 18.3 Å². The zero-order valence-corrected chi connectivity index (χ0v) is 19.4. The molecule has 154 valence electrons. The fraction of sp³-hybridized carbons (Fsp3) is 0.474. The molecule has 1 aromatic carbocycles. The lowest BCUT2D eigenvalue weighted by Crippen LogP contribution is -2.46. The molecule has 0 radical (unpaired) electrons. The number of hydrogen-bond donors (Lipinski definition) is 1. The van der Waals surface area contributed by atoms with E-state index in [1.165, 1.54) is 4.90 Å². The Hall–Kier alpha value is -1.44. The summed E-state index contributed by atoms with van der Waals surface area (Å²) < 4.78 is 7.86. The quantitative estimate of drug-likeness (QED) is 0.466. The number of carboxylic acid groups (broad SMARTS) is 1. The fourth-order valence-electron chi connectivity index (χ4n) is 2.82. The Morgan fingerprint density at radius 1 is 1.29 bits per heavy atom. The van der Waals surface area contributed by atoms with Crippen molar-refractivity contribution in [2.75, 3.05) is 6.54 Å². The lowest BCUT2D eigenvalue weighted by molar-refractivity contribution is 0.0969. The average Bonchev–Trinajstić information content (AvgIpc) is 2.89. The molecule has 2 aromatic rings. The minimum Gasteiger partial charge on any atom is -0.465 e. The Bertz CT molecular complexity index is 829. The van der Waals surface area contributed by atoms with Crippen molar-refractivity contribution < 1.29 is 14.6 Å². The molecule has 28 heavy (non-hydrogen) atoms. The smallest absolute Gasteiger partial charge is 0.407 e. The predicted molar refractivity (Wildman–Crippen MR) is 115 cm³/mol. The number of nitrogens with zero attached hydrogens (tertiary/aromatic N) is 3. The maximum atomic E-state index is 11.6. The first-order valence-electron chi connectivity index (χ1n) is 8.85. The van der Waals surface area contributed by atoms with E-state index in [0.29, 0.717) is 46.4 Å². The molecule has 1 amide bonds. The monoisotopic (exact) mass is 491 g/mol. The minimum absolute atomic E-state index is 0.312. The van der Waals surface area contributed by atoms with Gasteiger partial charge in [0.2, 0.25) is 0 Å². The average molecular weight is 493 g/mol. The second kappa shape index (κ2) is 9.37. The molecule has 0 saturated carbocycles. The molecular formula is C19H24BrCl2N3O3. The Morgan fingerprint density at radius 2 is 1.89 bits per heavy atom. The Kier molecular flexibility index (Phi) is 7.65. The lowest BCUT2D eigenvalue weighted by atomic mass is 10.1.